The second-order valence-corrected chi connectivity index (χ2v) is 6.88. The predicted octanol–water partition coefficient (Wildman–Crippen LogP) is 3.83. The zero-order valence-electron chi connectivity index (χ0n) is 14.4. The van der Waals surface area contributed by atoms with Crippen molar-refractivity contribution in [3.05, 3.63) is 64.5 Å². The van der Waals surface area contributed by atoms with Gasteiger partial charge in [-0.2, -0.15) is 5.26 Å². The topological polar surface area (TPSA) is 61.8 Å². The molecule has 0 amide bonds. The molecule has 1 aliphatic carbocycles. The Morgan fingerprint density at radius 2 is 2.00 bits per heavy atom. The van der Waals surface area contributed by atoms with Crippen LogP contribution in [-0.2, 0) is 19.4 Å². The number of pyridine rings is 1. The fourth-order valence-corrected chi connectivity index (χ4v) is 3.86. The highest BCUT2D eigenvalue weighted by Crippen LogP contribution is 2.33. The van der Waals surface area contributed by atoms with Crippen molar-refractivity contribution in [2.75, 3.05) is 0 Å². The molecule has 1 atom stereocenters. The lowest BCUT2D eigenvalue weighted by Crippen LogP contribution is -2.14. The highest BCUT2D eigenvalue weighted by atomic mass is 16.3. The van der Waals surface area contributed by atoms with Crippen molar-refractivity contribution in [1.29, 1.82) is 5.26 Å². The van der Waals surface area contributed by atoms with Crippen LogP contribution in [0.4, 0.5) is 0 Å². The van der Waals surface area contributed by atoms with Gasteiger partial charge in [-0.1, -0.05) is 12.1 Å². The molecule has 4 rings (SSSR count). The van der Waals surface area contributed by atoms with E-state index in [1.807, 2.05) is 18.3 Å². The summed E-state index contributed by atoms with van der Waals surface area (Å²) >= 11 is 0. The maximum absolute atomic E-state index is 10.7. The predicted molar refractivity (Wildman–Crippen MR) is 97.2 cm³/mol. The van der Waals surface area contributed by atoms with Crippen LogP contribution in [0.25, 0.3) is 11.0 Å². The molecular weight excluding hydrogens is 310 g/mol. The summed E-state index contributed by atoms with van der Waals surface area (Å²) < 4.78 is 2.20. The summed E-state index contributed by atoms with van der Waals surface area (Å²) in [6.07, 6.45) is 5.84. The number of hydrogen-bond donors (Lipinski definition) is 1. The van der Waals surface area contributed by atoms with E-state index in [9.17, 15) is 5.11 Å². The van der Waals surface area contributed by atoms with Gasteiger partial charge in [0.15, 0.2) is 0 Å². The quantitative estimate of drug-likeness (QED) is 0.793. The van der Waals surface area contributed by atoms with Crippen molar-refractivity contribution in [3.8, 4) is 6.07 Å². The van der Waals surface area contributed by atoms with E-state index >= 15 is 0 Å². The van der Waals surface area contributed by atoms with Crippen LogP contribution >= 0.6 is 0 Å². The number of rotatable bonds is 3. The monoisotopic (exact) mass is 331 g/mol. The molecule has 0 spiro atoms. The number of aryl methyl sites for hydroxylation is 2. The summed E-state index contributed by atoms with van der Waals surface area (Å²) in [7, 11) is 0. The molecule has 0 saturated heterocycles. The number of nitriles is 1. The second kappa shape index (κ2) is 6.34. The van der Waals surface area contributed by atoms with Gasteiger partial charge in [0.25, 0.3) is 0 Å². The molecule has 3 aromatic rings. The Morgan fingerprint density at radius 3 is 2.76 bits per heavy atom. The SMILES string of the molecule is Cc1cnc2c(c1)c1c(n2CC(O)c2ccc(C#N)cc2)CCCC1. The Kier molecular flexibility index (Phi) is 4.03. The summed E-state index contributed by atoms with van der Waals surface area (Å²) in [4.78, 5) is 4.67. The van der Waals surface area contributed by atoms with Crippen LogP contribution in [0.1, 0.15) is 46.9 Å². The average Bonchev–Trinajstić information content (AvgIpc) is 2.95. The van der Waals surface area contributed by atoms with Crippen molar-refractivity contribution in [1.82, 2.24) is 9.55 Å². The van der Waals surface area contributed by atoms with E-state index in [4.69, 9.17) is 5.26 Å². The van der Waals surface area contributed by atoms with Crippen LogP contribution in [0.2, 0.25) is 0 Å². The van der Waals surface area contributed by atoms with E-state index in [2.05, 4.69) is 28.6 Å². The fourth-order valence-electron chi connectivity index (χ4n) is 3.86. The minimum atomic E-state index is -0.613. The molecule has 0 bridgehead atoms. The van der Waals surface area contributed by atoms with E-state index in [1.165, 1.54) is 35.0 Å². The average molecular weight is 331 g/mol. The summed E-state index contributed by atoms with van der Waals surface area (Å²) in [5, 5.41) is 20.9. The van der Waals surface area contributed by atoms with Gasteiger partial charge in [-0.25, -0.2) is 4.98 Å². The van der Waals surface area contributed by atoms with Crippen LogP contribution in [0.3, 0.4) is 0 Å². The van der Waals surface area contributed by atoms with Gasteiger partial charge in [0.1, 0.15) is 5.65 Å². The van der Waals surface area contributed by atoms with E-state index in [-0.39, 0.29) is 0 Å². The summed E-state index contributed by atoms with van der Waals surface area (Å²) in [6, 6.07) is 11.5. The first-order chi connectivity index (χ1) is 12.2. The first-order valence-corrected chi connectivity index (χ1v) is 8.82. The van der Waals surface area contributed by atoms with Crippen molar-refractivity contribution in [2.45, 2.75) is 45.3 Å². The van der Waals surface area contributed by atoms with Crippen molar-refractivity contribution in [3.63, 3.8) is 0 Å². The van der Waals surface area contributed by atoms with Gasteiger partial charge in [-0.05, 0) is 67.5 Å². The number of hydrogen-bond acceptors (Lipinski definition) is 3. The van der Waals surface area contributed by atoms with Crippen LogP contribution < -0.4 is 0 Å². The van der Waals surface area contributed by atoms with Gasteiger partial charge in [0.2, 0.25) is 0 Å². The molecule has 0 radical (unpaired) electrons. The van der Waals surface area contributed by atoms with Gasteiger partial charge >= 0.3 is 0 Å². The number of benzene rings is 1. The van der Waals surface area contributed by atoms with E-state index in [1.54, 1.807) is 12.1 Å². The van der Waals surface area contributed by atoms with Crippen LogP contribution in [-0.4, -0.2) is 14.7 Å². The fraction of sp³-hybridized carbons (Fsp3) is 0.333. The summed E-state index contributed by atoms with van der Waals surface area (Å²) in [5.41, 5.74) is 6.32. The number of aliphatic hydroxyl groups excluding tert-OH is 1. The summed E-state index contributed by atoms with van der Waals surface area (Å²) in [5.74, 6) is 0. The molecule has 1 N–H and O–H groups in total. The Hall–Kier alpha value is -2.64. The Balaban J connectivity index is 1.74. The highest BCUT2D eigenvalue weighted by molar-refractivity contribution is 5.83. The second-order valence-electron chi connectivity index (χ2n) is 6.88. The molecule has 4 nitrogen and oxygen atoms in total. The Bertz CT molecular complexity index is 963. The largest absolute Gasteiger partial charge is 0.387 e. The van der Waals surface area contributed by atoms with E-state index in [0.29, 0.717) is 12.1 Å². The third-order valence-electron chi connectivity index (χ3n) is 5.13. The van der Waals surface area contributed by atoms with Gasteiger partial charge in [-0.3, -0.25) is 0 Å². The first-order valence-electron chi connectivity index (χ1n) is 8.82. The molecule has 126 valence electrons. The zero-order chi connectivity index (χ0) is 17.4. The van der Waals surface area contributed by atoms with Crippen LogP contribution in [0.5, 0.6) is 0 Å². The molecule has 4 heteroatoms. The van der Waals surface area contributed by atoms with E-state index < -0.39 is 6.10 Å². The Labute approximate surface area is 147 Å². The maximum atomic E-state index is 10.7. The molecule has 1 aliphatic rings. The molecular formula is C21H21N3O. The molecule has 1 unspecified atom stereocenters. The van der Waals surface area contributed by atoms with Crippen molar-refractivity contribution < 1.29 is 5.11 Å². The number of aliphatic hydroxyl groups is 1. The first kappa shape index (κ1) is 15.9. The lowest BCUT2D eigenvalue weighted by Gasteiger charge is -2.18. The molecule has 0 aliphatic heterocycles. The maximum Gasteiger partial charge on any atom is 0.140 e. The van der Waals surface area contributed by atoms with Crippen LogP contribution in [0, 0.1) is 18.3 Å². The van der Waals surface area contributed by atoms with Crippen LogP contribution in [0.15, 0.2) is 36.5 Å². The van der Waals surface area contributed by atoms with Gasteiger partial charge in [0.05, 0.1) is 24.3 Å². The lowest BCUT2D eigenvalue weighted by atomic mass is 9.95. The number of aromatic nitrogens is 2. The van der Waals surface area contributed by atoms with Gasteiger partial charge in [-0.15, -0.1) is 0 Å². The number of fused-ring (bicyclic) bond motifs is 3. The molecule has 0 saturated carbocycles. The third kappa shape index (κ3) is 2.81. The smallest absolute Gasteiger partial charge is 0.140 e. The normalized spacial score (nSPS) is 14.9. The van der Waals surface area contributed by atoms with Crippen molar-refractivity contribution >= 4 is 11.0 Å². The standard InChI is InChI=1S/C21H21N3O/c1-14-10-18-17-4-2-3-5-19(17)24(21(18)23-12-14)13-20(25)16-8-6-15(11-22)7-9-16/h6-10,12,20,25H,2-5,13H2,1H3. The molecule has 2 aromatic heterocycles. The molecule has 0 fully saturated rings. The minimum absolute atomic E-state index is 0.494. The van der Waals surface area contributed by atoms with Gasteiger partial charge in [0, 0.05) is 17.3 Å². The lowest BCUT2D eigenvalue weighted by molar-refractivity contribution is 0.156. The minimum Gasteiger partial charge on any atom is -0.387 e. The zero-order valence-corrected chi connectivity index (χ0v) is 14.4. The van der Waals surface area contributed by atoms with Gasteiger partial charge < -0.3 is 9.67 Å². The third-order valence-corrected chi connectivity index (χ3v) is 5.13. The van der Waals surface area contributed by atoms with Crippen molar-refractivity contribution in [2.24, 2.45) is 0 Å². The Morgan fingerprint density at radius 1 is 1.24 bits per heavy atom. The molecule has 2 heterocycles. The molecule has 25 heavy (non-hydrogen) atoms. The highest BCUT2D eigenvalue weighted by Gasteiger charge is 2.22. The van der Waals surface area contributed by atoms with E-state index in [0.717, 1.165) is 24.1 Å². The summed E-state index contributed by atoms with van der Waals surface area (Å²) in [6.45, 7) is 2.57. The molecule has 1 aromatic carbocycles. The number of nitrogens with zero attached hydrogens (tertiary/aromatic N) is 3.